The SMILES string of the molecule is CC.CC(C)c1ccc(O)cc1.Oc1ccc2c(O)cccc2c1. The van der Waals surface area contributed by atoms with Gasteiger partial charge in [-0.25, -0.2) is 0 Å². The summed E-state index contributed by atoms with van der Waals surface area (Å²) in [5.41, 5.74) is 1.26. The number of hydrogen-bond donors (Lipinski definition) is 3. The van der Waals surface area contributed by atoms with E-state index >= 15 is 0 Å². The van der Waals surface area contributed by atoms with Crippen molar-refractivity contribution in [3.8, 4) is 17.2 Å². The molecular weight excluding hydrogens is 300 g/mol. The Kier molecular flexibility index (Phi) is 7.63. The quantitative estimate of drug-likeness (QED) is 0.530. The van der Waals surface area contributed by atoms with Crippen LogP contribution in [-0.4, -0.2) is 15.3 Å². The van der Waals surface area contributed by atoms with Crippen LogP contribution in [0, 0.1) is 0 Å². The van der Waals surface area contributed by atoms with Gasteiger partial charge in [0, 0.05) is 5.39 Å². The minimum atomic E-state index is 0.216. The van der Waals surface area contributed by atoms with E-state index in [1.807, 2.05) is 32.0 Å². The Labute approximate surface area is 143 Å². The second-order valence-electron chi connectivity index (χ2n) is 5.43. The highest BCUT2D eigenvalue weighted by molar-refractivity contribution is 5.88. The van der Waals surface area contributed by atoms with Crippen LogP contribution in [0.5, 0.6) is 17.2 Å². The molecule has 0 spiro atoms. The largest absolute Gasteiger partial charge is 0.508 e. The monoisotopic (exact) mass is 326 g/mol. The molecule has 0 aliphatic carbocycles. The Bertz CT molecular complexity index is 747. The summed E-state index contributed by atoms with van der Waals surface area (Å²) in [7, 11) is 0. The summed E-state index contributed by atoms with van der Waals surface area (Å²) in [5, 5.41) is 29.1. The predicted octanol–water partition coefficient (Wildman–Crippen LogP) is 5.79. The van der Waals surface area contributed by atoms with Gasteiger partial charge in [0.05, 0.1) is 0 Å². The molecule has 3 aromatic carbocycles. The van der Waals surface area contributed by atoms with E-state index in [0.29, 0.717) is 11.7 Å². The fraction of sp³-hybridized carbons (Fsp3) is 0.238. The molecule has 0 atom stereocenters. The van der Waals surface area contributed by atoms with E-state index in [2.05, 4.69) is 13.8 Å². The highest BCUT2D eigenvalue weighted by Gasteiger charge is 1.98. The number of phenols is 3. The van der Waals surface area contributed by atoms with Crippen molar-refractivity contribution in [3.63, 3.8) is 0 Å². The molecule has 0 saturated heterocycles. The average molecular weight is 326 g/mol. The van der Waals surface area contributed by atoms with Crippen LogP contribution in [-0.2, 0) is 0 Å². The second-order valence-corrected chi connectivity index (χ2v) is 5.43. The van der Waals surface area contributed by atoms with Crippen molar-refractivity contribution in [2.75, 3.05) is 0 Å². The van der Waals surface area contributed by atoms with Crippen molar-refractivity contribution >= 4 is 10.8 Å². The molecule has 0 unspecified atom stereocenters. The average Bonchev–Trinajstić information content (AvgIpc) is 2.58. The maximum absolute atomic E-state index is 9.38. The zero-order valence-corrected chi connectivity index (χ0v) is 14.7. The summed E-state index contributed by atoms with van der Waals surface area (Å²) in [5.74, 6) is 1.34. The molecule has 3 rings (SSSR count). The van der Waals surface area contributed by atoms with E-state index in [4.69, 9.17) is 10.2 Å². The van der Waals surface area contributed by atoms with Crippen molar-refractivity contribution < 1.29 is 15.3 Å². The van der Waals surface area contributed by atoms with Gasteiger partial charge in [-0.05, 0) is 53.3 Å². The molecule has 0 amide bonds. The molecule has 3 N–H and O–H groups in total. The summed E-state index contributed by atoms with van der Waals surface area (Å²) in [6.45, 7) is 8.26. The van der Waals surface area contributed by atoms with Gasteiger partial charge in [0.15, 0.2) is 0 Å². The van der Waals surface area contributed by atoms with E-state index in [1.54, 1.807) is 42.5 Å². The van der Waals surface area contributed by atoms with Crippen molar-refractivity contribution in [1.29, 1.82) is 0 Å². The van der Waals surface area contributed by atoms with Gasteiger partial charge >= 0.3 is 0 Å². The highest BCUT2D eigenvalue weighted by atomic mass is 16.3. The first kappa shape index (κ1) is 19.4. The van der Waals surface area contributed by atoms with Crippen LogP contribution < -0.4 is 0 Å². The van der Waals surface area contributed by atoms with Gasteiger partial charge in [-0.15, -0.1) is 0 Å². The molecule has 0 aromatic heterocycles. The third-order valence-corrected chi connectivity index (χ3v) is 3.40. The smallest absolute Gasteiger partial charge is 0.123 e. The normalized spacial score (nSPS) is 9.71. The Morgan fingerprint density at radius 2 is 1.29 bits per heavy atom. The lowest BCUT2D eigenvalue weighted by Crippen LogP contribution is -1.84. The third-order valence-electron chi connectivity index (χ3n) is 3.40. The molecule has 0 radical (unpaired) electrons. The van der Waals surface area contributed by atoms with Gasteiger partial charge in [0.1, 0.15) is 17.2 Å². The van der Waals surface area contributed by atoms with Gasteiger partial charge < -0.3 is 15.3 Å². The maximum atomic E-state index is 9.38. The standard InChI is InChI=1S/C10H8O2.C9H12O.C2H6/c11-8-4-5-9-7(6-8)2-1-3-10(9)12;1-7(2)8-3-5-9(10)6-4-8;1-2/h1-6,11-12H;3-7,10H,1-2H3;1-2H3. The van der Waals surface area contributed by atoms with Gasteiger partial charge in [-0.3, -0.25) is 0 Å². The van der Waals surface area contributed by atoms with Gasteiger partial charge in [-0.2, -0.15) is 0 Å². The number of benzene rings is 3. The first-order valence-electron chi connectivity index (χ1n) is 8.17. The van der Waals surface area contributed by atoms with Crippen molar-refractivity contribution in [2.24, 2.45) is 0 Å². The molecule has 3 aromatic rings. The van der Waals surface area contributed by atoms with Crippen LogP contribution in [0.15, 0.2) is 60.7 Å². The summed E-state index contributed by atoms with van der Waals surface area (Å²) in [6.07, 6.45) is 0. The lowest BCUT2D eigenvalue weighted by atomic mass is 10.0. The molecule has 128 valence electrons. The Balaban J connectivity index is 0.000000221. The third kappa shape index (κ3) is 5.51. The highest BCUT2D eigenvalue weighted by Crippen LogP contribution is 2.26. The van der Waals surface area contributed by atoms with Gasteiger partial charge in [-0.1, -0.05) is 52.0 Å². The zero-order valence-electron chi connectivity index (χ0n) is 14.7. The molecule has 0 bridgehead atoms. The summed E-state index contributed by atoms with van der Waals surface area (Å²) in [4.78, 5) is 0. The topological polar surface area (TPSA) is 60.7 Å². The van der Waals surface area contributed by atoms with Crippen LogP contribution in [0.2, 0.25) is 0 Å². The first-order chi connectivity index (χ1) is 11.5. The Hall–Kier alpha value is -2.68. The fourth-order valence-electron chi connectivity index (χ4n) is 2.11. The zero-order chi connectivity index (χ0) is 18.1. The van der Waals surface area contributed by atoms with Crippen LogP contribution in [0.4, 0.5) is 0 Å². The molecule has 0 aliphatic rings. The van der Waals surface area contributed by atoms with E-state index < -0.39 is 0 Å². The number of fused-ring (bicyclic) bond motifs is 1. The molecule has 24 heavy (non-hydrogen) atoms. The minimum Gasteiger partial charge on any atom is -0.508 e. The number of phenolic OH excluding ortho intramolecular Hbond substituents is 3. The van der Waals surface area contributed by atoms with E-state index in [1.165, 1.54) is 5.56 Å². The van der Waals surface area contributed by atoms with Crippen LogP contribution in [0.25, 0.3) is 10.8 Å². The number of hydrogen-bond acceptors (Lipinski definition) is 3. The molecule has 0 fully saturated rings. The maximum Gasteiger partial charge on any atom is 0.123 e. The van der Waals surface area contributed by atoms with Gasteiger partial charge in [0.25, 0.3) is 0 Å². The molecule has 0 aliphatic heterocycles. The minimum absolute atomic E-state index is 0.216. The van der Waals surface area contributed by atoms with E-state index in [9.17, 15) is 5.11 Å². The molecule has 3 heteroatoms. The Morgan fingerprint density at radius 1 is 0.708 bits per heavy atom. The first-order valence-corrected chi connectivity index (χ1v) is 8.17. The number of aromatic hydroxyl groups is 3. The molecule has 0 heterocycles. The fourth-order valence-corrected chi connectivity index (χ4v) is 2.11. The van der Waals surface area contributed by atoms with E-state index in [-0.39, 0.29) is 11.5 Å². The van der Waals surface area contributed by atoms with Crippen LogP contribution in [0.1, 0.15) is 39.2 Å². The summed E-state index contributed by atoms with van der Waals surface area (Å²) < 4.78 is 0. The van der Waals surface area contributed by atoms with Crippen LogP contribution >= 0.6 is 0 Å². The van der Waals surface area contributed by atoms with Crippen molar-refractivity contribution in [1.82, 2.24) is 0 Å². The van der Waals surface area contributed by atoms with Crippen molar-refractivity contribution in [3.05, 3.63) is 66.2 Å². The lowest BCUT2D eigenvalue weighted by Gasteiger charge is -2.03. The summed E-state index contributed by atoms with van der Waals surface area (Å²) >= 11 is 0. The van der Waals surface area contributed by atoms with Crippen molar-refractivity contribution in [2.45, 2.75) is 33.6 Å². The van der Waals surface area contributed by atoms with E-state index in [0.717, 1.165) is 10.8 Å². The number of rotatable bonds is 1. The molecule has 3 nitrogen and oxygen atoms in total. The summed E-state index contributed by atoms with van der Waals surface area (Å²) in [6, 6.07) is 17.4. The lowest BCUT2D eigenvalue weighted by molar-refractivity contribution is 0.474. The molecule has 0 saturated carbocycles. The predicted molar refractivity (Wildman–Crippen MR) is 101 cm³/mol. The Morgan fingerprint density at radius 3 is 1.88 bits per heavy atom. The second kappa shape index (κ2) is 9.46. The molecular formula is C21H26O3. The van der Waals surface area contributed by atoms with Crippen LogP contribution in [0.3, 0.4) is 0 Å². The van der Waals surface area contributed by atoms with Gasteiger partial charge in [0.2, 0.25) is 0 Å².